The van der Waals surface area contributed by atoms with Crippen molar-refractivity contribution in [3.63, 3.8) is 0 Å². The van der Waals surface area contributed by atoms with E-state index in [-0.39, 0.29) is 5.82 Å². The molecule has 21 heavy (non-hydrogen) atoms. The number of hydrogen-bond donors (Lipinski definition) is 1. The summed E-state index contributed by atoms with van der Waals surface area (Å²) in [5, 5.41) is 1.92. The van der Waals surface area contributed by atoms with Gasteiger partial charge in [-0.1, -0.05) is 6.07 Å². The average Bonchev–Trinajstić information content (AvgIpc) is 2.51. The molecule has 0 saturated heterocycles. The van der Waals surface area contributed by atoms with Crippen LogP contribution in [0.5, 0.6) is 0 Å². The van der Waals surface area contributed by atoms with Gasteiger partial charge >= 0.3 is 0 Å². The summed E-state index contributed by atoms with van der Waals surface area (Å²) in [6, 6.07) is 12.4. The Kier molecular flexibility index (Phi) is 3.44. The smallest absolute Gasteiger partial charge is 0.125 e. The van der Waals surface area contributed by atoms with Crippen LogP contribution in [0.1, 0.15) is 6.92 Å². The van der Waals surface area contributed by atoms with Gasteiger partial charge in [-0.3, -0.25) is 4.98 Å². The molecule has 2 N–H and O–H groups in total. The van der Waals surface area contributed by atoms with Crippen LogP contribution in [0.4, 0.5) is 21.5 Å². The van der Waals surface area contributed by atoms with Gasteiger partial charge in [-0.15, -0.1) is 0 Å². The molecule has 3 nitrogen and oxygen atoms in total. The van der Waals surface area contributed by atoms with Crippen molar-refractivity contribution in [1.82, 2.24) is 4.98 Å². The highest BCUT2D eigenvalue weighted by molar-refractivity contribution is 6.02. The molecule has 0 saturated carbocycles. The van der Waals surface area contributed by atoms with Crippen molar-refractivity contribution >= 4 is 27.8 Å². The maximum Gasteiger partial charge on any atom is 0.125 e. The molecule has 0 unspecified atom stereocenters. The first kappa shape index (κ1) is 13.4. The highest BCUT2D eigenvalue weighted by Crippen LogP contribution is 2.34. The number of hydrogen-bond acceptors (Lipinski definition) is 3. The summed E-state index contributed by atoms with van der Waals surface area (Å²) in [5.74, 6) is -0.243. The highest BCUT2D eigenvalue weighted by atomic mass is 19.1. The first-order chi connectivity index (χ1) is 10.2. The highest BCUT2D eigenvalue weighted by Gasteiger charge is 2.12. The van der Waals surface area contributed by atoms with Crippen molar-refractivity contribution in [2.75, 3.05) is 17.2 Å². The first-order valence-corrected chi connectivity index (χ1v) is 6.86. The molecule has 0 amide bonds. The minimum Gasteiger partial charge on any atom is -0.398 e. The van der Waals surface area contributed by atoms with Gasteiger partial charge in [0, 0.05) is 46.8 Å². The third-order valence-corrected chi connectivity index (χ3v) is 3.56. The maximum atomic E-state index is 13.5. The van der Waals surface area contributed by atoms with Gasteiger partial charge in [-0.05, 0) is 43.3 Å². The number of benzene rings is 2. The molecule has 0 atom stereocenters. The molecular formula is C17H16FN3. The van der Waals surface area contributed by atoms with E-state index in [1.807, 2.05) is 31.2 Å². The van der Waals surface area contributed by atoms with Gasteiger partial charge in [0.15, 0.2) is 0 Å². The lowest BCUT2D eigenvalue weighted by Gasteiger charge is -2.25. The SMILES string of the molecule is CCN(c1cccc(F)c1)c1ccc(N)c2cnccc12. The van der Waals surface area contributed by atoms with E-state index in [0.29, 0.717) is 5.69 Å². The Bertz CT molecular complexity index is 786. The third kappa shape index (κ3) is 2.40. The fourth-order valence-corrected chi connectivity index (χ4v) is 2.57. The summed E-state index contributed by atoms with van der Waals surface area (Å²) in [4.78, 5) is 6.19. The topological polar surface area (TPSA) is 42.1 Å². The van der Waals surface area contributed by atoms with Gasteiger partial charge in [-0.2, -0.15) is 0 Å². The van der Waals surface area contributed by atoms with E-state index in [1.165, 1.54) is 12.1 Å². The molecule has 4 heteroatoms. The molecular weight excluding hydrogens is 265 g/mol. The van der Waals surface area contributed by atoms with E-state index < -0.39 is 0 Å². The van der Waals surface area contributed by atoms with Gasteiger partial charge < -0.3 is 10.6 Å². The summed E-state index contributed by atoms with van der Waals surface area (Å²) >= 11 is 0. The predicted molar refractivity (Wildman–Crippen MR) is 85.2 cm³/mol. The summed E-state index contributed by atoms with van der Waals surface area (Å²) in [6.07, 6.45) is 3.50. The zero-order chi connectivity index (χ0) is 14.8. The summed E-state index contributed by atoms with van der Waals surface area (Å²) in [5.41, 5.74) is 8.52. The monoisotopic (exact) mass is 281 g/mol. The van der Waals surface area contributed by atoms with E-state index in [2.05, 4.69) is 9.88 Å². The minimum atomic E-state index is -0.243. The van der Waals surface area contributed by atoms with E-state index in [1.54, 1.807) is 18.5 Å². The zero-order valence-electron chi connectivity index (χ0n) is 11.8. The number of aromatic nitrogens is 1. The minimum absolute atomic E-state index is 0.243. The second kappa shape index (κ2) is 5.40. The molecule has 2 aromatic carbocycles. The van der Waals surface area contributed by atoms with Crippen LogP contribution in [0.2, 0.25) is 0 Å². The number of nitrogens with two attached hydrogens (primary N) is 1. The molecule has 0 fully saturated rings. The van der Waals surface area contributed by atoms with Crippen molar-refractivity contribution in [1.29, 1.82) is 0 Å². The second-order valence-electron chi connectivity index (χ2n) is 4.82. The molecule has 1 aromatic heterocycles. The van der Waals surface area contributed by atoms with Crippen molar-refractivity contribution in [2.24, 2.45) is 0 Å². The third-order valence-electron chi connectivity index (χ3n) is 3.56. The lowest BCUT2D eigenvalue weighted by atomic mass is 10.1. The normalized spacial score (nSPS) is 10.8. The Morgan fingerprint density at radius 1 is 1.14 bits per heavy atom. The Balaban J connectivity index is 2.20. The number of anilines is 3. The lowest BCUT2D eigenvalue weighted by molar-refractivity contribution is 0.627. The molecule has 3 rings (SSSR count). The van der Waals surface area contributed by atoms with Crippen molar-refractivity contribution in [3.8, 4) is 0 Å². The number of rotatable bonds is 3. The molecule has 0 aliphatic rings. The molecule has 0 bridgehead atoms. The zero-order valence-corrected chi connectivity index (χ0v) is 11.8. The van der Waals surface area contributed by atoms with Crippen molar-refractivity contribution < 1.29 is 4.39 Å². The average molecular weight is 281 g/mol. The molecule has 0 spiro atoms. The largest absolute Gasteiger partial charge is 0.398 e. The van der Waals surface area contributed by atoms with Crippen LogP contribution in [0.25, 0.3) is 10.8 Å². The van der Waals surface area contributed by atoms with E-state index in [9.17, 15) is 4.39 Å². The Hall–Kier alpha value is -2.62. The second-order valence-corrected chi connectivity index (χ2v) is 4.82. The van der Waals surface area contributed by atoms with E-state index in [0.717, 1.165) is 28.7 Å². The summed E-state index contributed by atoms with van der Waals surface area (Å²) in [7, 11) is 0. The predicted octanol–water partition coefficient (Wildman–Crippen LogP) is 4.11. The fraction of sp³-hybridized carbons (Fsp3) is 0.118. The Labute approximate surface area is 122 Å². The summed E-state index contributed by atoms with van der Waals surface area (Å²) in [6.45, 7) is 2.76. The van der Waals surface area contributed by atoms with Crippen LogP contribution in [0.15, 0.2) is 54.9 Å². The number of nitrogens with zero attached hydrogens (tertiary/aromatic N) is 2. The van der Waals surface area contributed by atoms with Crippen LogP contribution < -0.4 is 10.6 Å². The standard InChI is InChI=1S/C17H16FN3/c1-2-21(13-5-3-4-12(18)10-13)17-7-6-16(19)15-11-20-9-8-14(15)17/h3-11H,2,19H2,1H3. The summed E-state index contributed by atoms with van der Waals surface area (Å²) < 4.78 is 13.5. The first-order valence-electron chi connectivity index (χ1n) is 6.86. The Morgan fingerprint density at radius 2 is 2.00 bits per heavy atom. The molecule has 106 valence electrons. The van der Waals surface area contributed by atoms with Gasteiger partial charge in [0.05, 0.1) is 0 Å². The fourth-order valence-electron chi connectivity index (χ4n) is 2.57. The molecule has 3 aromatic rings. The number of halogens is 1. The molecule has 0 aliphatic heterocycles. The lowest BCUT2D eigenvalue weighted by Crippen LogP contribution is -2.16. The molecule has 0 radical (unpaired) electrons. The maximum absolute atomic E-state index is 13.5. The van der Waals surface area contributed by atoms with Crippen LogP contribution >= 0.6 is 0 Å². The van der Waals surface area contributed by atoms with Crippen LogP contribution in [-0.4, -0.2) is 11.5 Å². The van der Waals surface area contributed by atoms with Crippen molar-refractivity contribution in [2.45, 2.75) is 6.92 Å². The van der Waals surface area contributed by atoms with Crippen LogP contribution in [0, 0.1) is 5.82 Å². The van der Waals surface area contributed by atoms with Gasteiger partial charge in [0.2, 0.25) is 0 Å². The van der Waals surface area contributed by atoms with Crippen LogP contribution in [-0.2, 0) is 0 Å². The number of fused-ring (bicyclic) bond motifs is 1. The van der Waals surface area contributed by atoms with Gasteiger partial charge in [0.25, 0.3) is 0 Å². The molecule has 0 aliphatic carbocycles. The Morgan fingerprint density at radius 3 is 2.76 bits per heavy atom. The quantitative estimate of drug-likeness (QED) is 0.734. The van der Waals surface area contributed by atoms with Crippen molar-refractivity contribution in [3.05, 3.63) is 60.7 Å². The van der Waals surface area contributed by atoms with Gasteiger partial charge in [0.1, 0.15) is 5.82 Å². The van der Waals surface area contributed by atoms with Crippen LogP contribution in [0.3, 0.4) is 0 Å². The number of pyridine rings is 1. The van der Waals surface area contributed by atoms with Gasteiger partial charge in [-0.25, -0.2) is 4.39 Å². The van der Waals surface area contributed by atoms with E-state index in [4.69, 9.17) is 5.73 Å². The molecule has 1 heterocycles. The number of nitrogen functional groups attached to an aromatic ring is 1. The van der Waals surface area contributed by atoms with E-state index >= 15 is 0 Å².